The van der Waals surface area contributed by atoms with Gasteiger partial charge in [0, 0.05) is 10.9 Å². The highest BCUT2D eigenvalue weighted by Crippen LogP contribution is 2.50. The zero-order valence-electron chi connectivity index (χ0n) is 42.4. The lowest BCUT2D eigenvalue weighted by Crippen LogP contribution is -2.55. The van der Waals surface area contributed by atoms with E-state index in [1.54, 1.807) is 0 Å². The van der Waals surface area contributed by atoms with Crippen LogP contribution in [0, 0.1) is 83.1 Å². The molecule has 69 heavy (non-hydrogen) atoms. The SMILES string of the molecule is Cc1cc(C)c(B(c2ccc(-c3cc4c5cccc6c5c(cc4c4ccccc34)-c3ccc(B(c4c(C)cc(C)cc4C)c4c(C)cc(C)cc4C)cc3O6)cc2)c2c(C)cc(C)cc2C)c(C)c1. The van der Waals surface area contributed by atoms with E-state index in [1.165, 1.54) is 149 Å². The van der Waals surface area contributed by atoms with Crippen LogP contribution in [0.3, 0.4) is 0 Å². The quantitative estimate of drug-likeness (QED) is 0.114. The van der Waals surface area contributed by atoms with Gasteiger partial charge < -0.3 is 4.74 Å². The molecule has 10 aromatic rings. The topological polar surface area (TPSA) is 9.23 Å². The van der Waals surface area contributed by atoms with Gasteiger partial charge in [-0.25, -0.2) is 0 Å². The van der Waals surface area contributed by atoms with Crippen molar-refractivity contribution in [3.8, 4) is 33.8 Å². The van der Waals surface area contributed by atoms with Crippen molar-refractivity contribution in [1.82, 2.24) is 0 Å². The maximum atomic E-state index is 7.08. The van der Waals surface area contributed by atoms with Gasteiger partial charge in [-0.2, -0.15) is 0 Å². The molecule has 0 saturated carbocycles. The van der Waals surface area contributed by atoms with Crippen molar-refractivity contribution in [1.29, 1.82) is 0 Å². The molecule has 10 aromatic carbocycles. The number of ether oxygens (including phenoxy) is 1. The van der Waals surface area contributed by atoms with Crippen LogP contribution in [0.2, 0.25) is 0 Å². The largest absolute Gasteiger partial charge is 0.456 e. The third kappa shape index (κ3) is 7.41. The Balaban J connectivity index is 1.07. The molecule has 3 heteroatoms. The van der Waals surface area contributed by atoms with Crippen molar-refractivity contribution < 1.29 is 4.74 Å². The summed E-state index contributed by atoms with van der Waals surface area (Å²) in [6.07, 6.45) is 0. The van der Waals surface area contributed by atoms with Crippen molar-refractivity contribution in [2.75, 3.05) is 0 Å². The third-order valence-electron chi connectivity index (χ3n) is 15.5. The molecule has 1 aliphatic rings. The van der Waals surface area contributed by atoms with E-state index in [0.717, 1.165) is 17.1 Å². The van der Waals surface area contributed by atoms with E-state index in [-0.39, 0.29) is 13.4 Å². The van der Waals surface area contributed by atoms with E-state index < -0.39 is 0 Å². The summed E-state index contributed by atoms with van der Waals surface area (Å²) >= 11 is 0. The van der Waals surface area contributed by atoms with Crippen LogP contribution < -0.4 is 37.5 Å². The Morgan fingerprint density at radius 2 is 0.696 bits per heavy atom. The molecule has 0 radical (unpaired) electrons. The molecular weight excluding hydrogens is 830 g/mol. The van der Waals surface area contributed by atoms with Crippen LogP contribution in [0.4, 0.5) is 0 Å². The van der Waals surface area contributed by atoms with Crippen LogP contribution in [0.15, 0.2) is 146 Å². The average molecular weight is 891 g/mol. The van der Waals surface area contributed by atoms with Gasteiger partial charge in [-0.1, -0.05) is 221 Å². The first-order chi connectivity index (χ1) is 33.1. The number of fused-ring (bicyclic) bond motifs is 6. The standard InChI is InChI=1S/C66H60B2O/c1-37-26-41(5)63(42(6)27-37)67(64-43(7)28-38(2)29-44(64)8)50-22-20-49(21-23-50)56-35-58-55-18-15-19-60-62(55)59(36-57(58)53-17-14-13-16-52(53)56)54-25-24-51(34-61(54)69-60)68(65-45(9)30-39(3)31-46(65)10)66-47(11)32-40(4)33-48(66)12/h13-36H,1-12H3. The first kappa shape index (κ1) is 44.4. The maximum absolute atomic E-state index is 7.08. The van der Waals surface area contributed by atoms with E-state index in [9.17, 15) is 0 Å². The highest BCUT2D eigenvalue weighted by atomic mass is 16.5. The molecular formula is C66H60B2O. The van der Waals surface area contributed by atoms with Gasteiger partial charge in [-0.3, -0.25) is 0 Å². The second-order valence-corrected chi connectivity index (χ2v) is 20.8. The molecule has 0 unspecified atom stereocenters. The third-order valence-corrected chi connectivity index (χ3v) is 15.5. The number of rotatable bonds is 7. The molecule has 0 atom stereocenters. The smallest absolute Gasteiger partial charge is 0.242 e. The molecule has 1 nitrogen and oxygen atoms in total. The van der Waals surface area contributed by atoms with Crippen molar-refractivity contribution in [3.05, 3.63) is 212 Å². The summed E-state index contributed by atoms with van der Waals surface area (Å²) in [5, 5.41) is 7.39. The van der Waals surface area contributed by atoms with Crippen LogP contribution >= 0.6 is 0 Å². The van der Waals surface area contributed by atoms with Crippen molar-refractivity contribution in [2.24, 2.45) is 0 Å². The van der Waals surface area contributed by atoms with Crippen LogP contribution in [-0.2, 0) is 0 Å². The highest BCUT2D eigenvalue weighted by molar-refractivity contribution is 6.97. The van der Waals surface area contributed by atoms with Crippen LogP contribution in [0.1, 0.15) is 66.8 Å². The molecule has 0 amide bonds. The van der Waals surface area contributed by atoms with Gasteiger partial charge in [0.05, 0.1) is 0 Å². The molecule has 336 valence electrons. The van der Waals surface area contributed by atoms with E-state index in [1.807, 2.05) is 0 Å². The summed E-state index contributed by atoms with van der Waals surface area (Å²) < 4.78 is 7.08. The Morgan fingerprint density at radius 1 is 0.290 bits per heavy atom. The molecule has 0 N–H and O–H groups in total. The van der Waals surface area contributed by atoms with Gasteiger partial charge in [0.15, 0.2) is 0 Å². The van der Waals surface area contributed by atoms with Crippen LogP contribution in [0.5, 0.6) is 11.5 Å². The van der Waals surface area contributed by atoms with Crippen LogP contribution in [-0.4, -0.2) is 13.4 Å². The first-order valence-corrected chi connectivity index (χ1v) is 24.8. The van der Waals surface area contributed by atoms with Gasteiger partial charge in [0.25, 0.3) is 0 Å². The molecule has 0 fully saturated rings. The van der Waals surface area contributed by atoms with Gasteiger partial charge in [0.1, 0.15) is 11.5 Å². The fourth-order valence-electron chi connectivity index (χ4n) is 13.1. The van der Waals surface area contributed by atoms with Gasteiger partial charge in [-0.15, -0.1) is 0 Å². The molecule has 0 spiro atoms. The maximum Gasteiger partial charge on any atom is 0.242 e. The fourth-order valence-corrected chi connectivity index (χ4v) is 13.1. The number of aryl methyl sites for hydroxylation is 12. The summed E-state index contributed by atoms with van der Waals surface area (Å²) in [6.45, 7) is 27.3. The molecule has 11 rings (SSSR count). The molecule has 1 aliphatic heterocycles. The van der Waals surface area contributed by atoms with Crippen molar-refractivity contribution in [3.63, 3.8) is 0 Å². The van der Waals surface area contributed by atoms with Crippen LogP contribution in [0.25, 0.3) is 54.6 Å². The van der Waals surface area contributed by atoms with Gasteiger partial charge in [0.2, 0.25) is 13.4 Å². The van der Waals surface area contributed by atoms with E-state index in [4.69, 9.17) is 4.74 Å². The van der Waals surface area contributed by atoms with Gasteiger partial charge in [-0.05, 0) is 151 Å². The minimum Gasteiger partial charge on any atom is -0.456 e. The van der Waals surface area contributed by atoms with E-state index in [0.29, 0.717) is 0 Å². The number of benzene rings is 10. The Morgan fingerprint density at radius 3 is 1.19 bits per heavy atom. The molecule has 0 saturated heterocycles. The highest BCUT2D eigenvalue weighted by Gasteiger charge is 2.32. The predicted molar refractivity (Wildman–Crippen MR) is 302 cm³/mol. The zero-order valence-corrected chi connectivity index (χ0v) is 42.4. The minimum atomic E-state index is 0.0582. The zero-order chi connectivity index (χ0) is 48.2. The summed E-state index contributed by atoms with van der Waals surface area (Å²) in [5.41, 5.74) is 28.8. The lowest BCUT2D eigenvalue weighted by molar-refractivity contribution is 0.487. The summed E-state index contributed by atoms with van der Waals surface area (Å²) in [4.78, 5) is 0. The lowest BCUT2D eigenvalue weighted by Gasteiger charge is -2.27. The first-order valence-electron chi connectivity index (χ1n) is 24.8. The number of hydrogen-bond donors (Lipinski definition) is 0. The summed E-state index contributed by atoms with van der Waals surface area (Å²) in [6, 6.07) is 55.8. The van der Waals surface area contributed by atoms with Gasteiger partial charge >= 0.3 is 0 Å². The van der Waals surface area contributed by atoms with E-state index >= 15 is 0 Å². The summed E-state index contributed by atoms with van der Waals surface area (Å²) in [7, 11) is 0. The van der Waals surface area contributed by atoms with Crippen molar-refractivity contribution >= 4 is 78.5 Å². The fraction of sp³-hybridized carbons (Fsp3) is 0.182. The molecule has 0 aromatic heterocycles. The Hall–Kier alpha value is -7.09. The monoisotopic (exact) mass is 890 g/mol. The number of hydrogen-bond acceptors (Lipinski definition) is 1. The Labute approximate surface area is 410 Å². The molecule has 0 aliphatic carbocycles. The summed E-state index contributed by atoms with van der Waals surface area (Å²) in [5.74, 6) is 1.82. The second kappa shape index (κ2) is 16.8. The van der Waals surface area contributed by atoms with Crippen molar-refractivity contribution in [2.45, 2.75) is 83.1 Å². The minimum absolute atomic E-state index is 0.0582. The molecule has 1 heterocycles. The second-order valence-electron chi connectivity index (χ2n) is 20.8. The normalized spacial score (nSPS) is 11.9. The average Bonchev–Trinajstić information content (AvgIpc) is 3.29. The lowest BCUT2D eigenvalue weighted by atomic mass is 9.34. The predicted octanol–water partition coefficient (Wildman–Crippen LogP) is 13.3. The molecule has 0 bridgehead atoms. The Bertz CT molecular complexity index is 3570. The van der Waals surface area contributed by atoms with E-state index in [2.05, 4.69) is 229 Å². The Kier molecular flexibility index (Phi) is 10.8.